The zero-order valence-electron chi connectivity index (χ0n) is 13.0. The van der Waals surface area contributed by atoms with Crippen LogP contribution in [0.15, 0.2) is 18.2 Å². The predicted molar refractivity (Wildman–Crippen MR) is 84.2 cm³/mol. The average molecular weight is 323 g/mol. The maximum Gasteiger partial charge on any atom is 0.272 e. The molecule has 118 valence electrons. The number of methoxy groups -OCH3 is 1. The Morgan fingerprint density at radius 1 is 1.45 bits per heavy atom. The lowest BCUT2D eigenvalue weighted by Crippen LogP contribution is -2.37. The molecule has 7 heteroatoms. The van der Waals surface area contributed by atoms with E-state index in [0.717, 1.165) is 11.5 Å². The van der Waals surface area contributed by atoms with Crippen LogP contribution in [0.25, 0.3) is 0 Å². The van der Waals surface area contributed by atoms with Crippen LogP contribution in [-0.4, -0.2) is 28.6 Å². The summed E-state index contributed by atoms with van der Waals surface area (Å²) in [5.74, 6) is -0.573. The number of amides is 1. The van der Waals surface area contributed by atoms with Gasteiger partial charge in [0, 0.05) is 17.8 Å². The van der Waals surface area contributed by atoms with Gasteiger partial charge in [0.1, 0.15) is 4.88 Å². The van der Waals surface area contributed by atoms with Crippen LogP contribution < -0.4 is 9.64 Å². The first kappa shape index (κ1) is 16.4. The number of carbonyl (C=O) groups excluding carboxylic acids is 1. The van der Waals surface area contributed by atoms with Gasteiger partial charge in [-0.2, -0.15) is 0 Å². The van der Waals surface area contributed by atoms with E-state index in [9.17, 15) is 9.18 Å². The lowest BCUT2D eigenvalue weighted by Gasteiger charge is -2.26. The second-order valence-corrected chi connectivity index (χ2v) is 5.74. The van der Waals surface area contributed by atoms with Gasteiger partial charge < -0.3 is 9.64 Å². The number of hydrogen-bond donors (Lipinski definition) is 0. The third-order valence-corrected chi connectivity index (χ3v) is 3.99. The molecular formula is C15H18FN3O2S. The molecule has 0 spiro atoms. The van der Waals surface area contributed by atoms with Crippen molar-refractivity contribution in [3.63, 3.8) is 0 Å². The van der Waals surface area contributed by atoms with E-state index in [1.807, 2.05) is 20.8 Å². The van der Waals surface area contributed by atoms with Gasteiger partial charge in [-0.1, -0.05) is 11.4 Å². The molecule has 22 heavy (non-hydrogen) atoms. The van der Waals surface area contributed by atoms with Crippen molar-refractivity contribution in [2.75, 3.05) is 12.0 Å². The lowest BCUT2D eigenvalue weighted by atomic mass is 10.2. The molecule has 0 atom stereocenters. The molecule has 1 heterocycles. The Labute approximate surface area is 132 Å². The van der Waals surface area contributed by atoms with Crippen LogP contribution in [0.3, 0.4) is 0 Å². The third-order valence-electron chi connectivity index (χ3n) is 3.23. The van der Waals surface area contributed by atoms with Crippen LogP contribution in [0.1, 0.15) is 36.1 Å². The highest BCUT2D eigenvalue weighted by atomic mass is 32.1. The van der Waals surface area contributed by atoms with Crippen LogP contribution in [-0.2, 0) is 6.42 Å². The normalized spacial score (nSPS) is 10.8. The first-order chi connectivity index (χ1) is 10.5. The number of carbonyl (C=O) groups is 1. The van der Waals surface area contributed by atoms with E-state index < -0.39 is 5.82 Å². The van der Waals surface area contributed by atoms with Crippen molar-refractivity contribution in [1.82, 2.24) is 9.59 Å². The van der Waals surface area contributed by atoms with Crippen LogP contribution in [0.4, 0.5) is 10.1 Å². The minimum atomic E-state index is -0.503. The maximum atomic E-state index is 13.9. The van der Waals surface area contributed by atoms with Crippen molar-refractivity contribution < 1.29 is 13.9 Å². The van der Waals surface area contributed by atoms with Crippen LogP contribution >= 0.6 is 11.5 Å². The highest BCUT2D eigenvalue weighted by Gasteiger charge is 2.26. The minimum absolute atomic E-state index is 0.132. The van der Waals surface area contributed by atoms with Crippen LogP contribution in [0, 0.1) is 5.82 Å². The fourth-order valence-electron chi connectivity index (χ4n) is 2.17. The summed E-state index contributed by atoms with van der Waals surface area (Å²) in [5.41, 5.74) is 1.14. The van der Waals surface area contributed by atoms with Crippen LogP contribution in [0.2, 0.25) is 0 Å². The number of aromatic nitrogens is 2. The molecular weight excluding hydrogens is 305 g/mol. The van der Waals surface area contributed by atoms with Gasteiger partial charge >= 0.3 is 0 Å². The number of halogens is 1. The topological polar surface area (TPSA) is 55.3 Å². The van der Waals surface area contributed by atoms with Gasteiger partial charge in [-0.15, -0.1) is 5.10 Å². The van der Waals surface area contributed by atoms with Crippen molar-refractivity contribution >= 4 is 23.1 Å². The van der Waals surface area contributed by atoms with Gasteiger partial charge in [-0.3, -0.25) is 4.79 Å². The lowest BCUT2D eigenvalue weighted by molar-refractivity contribution is 0.0983. The second-order valence-electron chi connectivity index (χ2n) is 4.99. The number of ether oxygens (including phenoxy) is 1. The number of anilines is 1. The van der Waals surface area contributed by atoms with Gasteiger partial charge in [0.15, 0.2) is 11.6 Å². The second kappa shape index (κ2) is 6.83. The fourth-order valence-corrected chi connectivity index (χ4v) is 2.85. The largest absolute Gasteiger partial charge is 0.494 e. The summed E-state index contributed by atoms with van der Waals surface area (Å²) in [7, 11) is 1.40. The standard InChI is InChI=1S/C15H18FN3O2S/c1-5-12-14(22-18-17-12)15(20)19(9(2)3)10-6-7-13(21-4)11(16)8-10/h6-9H,5H2,1-4H3. The summed E-state index contributed by atoms with van der Waals surface area (Å²) >= 11 is 1.06. The first-order valence-electron chi connectivity index (χ1n) is 6.97. The van der Waals surface area contributed by atoms with Crippen molar-refractivity contribution in [1.29, 1.82) is 0 Å². The van der Waals surface area contributed by atoms with Gasteiger partial charge in [-0.25, -0.2) is 4.39 Å². The minimum Gasteiger partial charge on any atom is -0.494 e. The molecule has 5 nitrogen and oxygen atoms in total. The summed E-state index contributed by atoms with van der Waals surface area (Å²) in [6, 6.07) is 4.35. The van der Waals surface area contributed by atoms with E-state index in [0.29, 0.717) is 22.7 Å². The summed E-state index contributed by atoms with van der Waals surface area (Å²) in [6.45, 7) is 5.67. The van der Waals surface area contributed by atoms with Crippen molar-refractivity contribution in [2.24, 2.45) is 0 Å². The van der Waals surface area contributed by atoms with Crippen LogP contribution in [0.5, 0.6) is 5.75 Å². The smallest absolute Gasteiger partial charge is 0.272 e. The van der Waals surface area contributed by atoms with E-state index in [4.69, 9.17) is 4.74 Å². The Hall–Kier alpha value is -2.02. The summed E-state index contributed by atoms with van der Waals surface area (Å²) < 4.78 is 22.7. The van der Waals surface area contributed by atoms with E-state index in [1.54, 1.807) is 6.07 Å². The maximum absolute atomic E-state index is 13.9. The molecule has 0 radical (unpaired) electrons. The zero-order valence-corrected chi connectivity index (χ0v) is 13.8. The summed E-state index contributed by atoms with van der Waals surface area (Å²) in [6.07, 6.45) is 0.625. The Morgan fingerprint density at radius 2 is 2.18 bits per heavy atom. The monoisotopic (exact) mass is 323 g/mol. The third kappa shape index (κ3) is 3.09. The quantitative estimate of drug-likeness (QED) is 0.847. The molecule has 0 saturated carbocycles. The van der Waals surface area contributed by atoms with Gasteiger partial charge in [0.25, 0.3) is 5.91 Å². The van der Waals surface area contributed by atoms with E-state index in [2.05, 4.69) is 9.59 Å². The average Bonchev–Trinajstić information content (AvgIpc) is 2.95. The van der Waals surface area contributed by atoms with E-state index in [1.165, 1.54) is 24.1 Å². The number of rotatable bonds is 5. The van der Waals surface area contributed by atoms with Gasteiger partial charge in [0.05, 0.1) is 12.8 Å². The molecule has 0 unspecified atom stereocenters. The number of aryl methyl sites for hydroxylation is 1. The molecule has 0 aliphatic carbocycles. The summed E-state index contributed by atoms with van der Waals surface area (Å²) in [4.78, 5) is 14.8. The molecule has 0 fully saturated rings. The first-order valence-corrected chi connectivity index (χ1v) is 7.75. The molecule has 0 saturated heterocycles. The molecule has 1 aromatic carbocycles. The van der Waals surface area contributed by atoms with Crippen molar-refractivity contribution in [3.05, 3.63) is 34.6 Å². The molecule has 1 amide bonds. The predicted octanol–water partition coefficient (Wildman–Crippen LogP) is 3.30. The molecule has 1 aromatic heterocycles. The molecule has 2 rings (SSSR count). The number of benzene rings is 1. The molecule has 0 aliphatic heterocycles. The van der Waals surface area contributed by atoms with E-state index >= 15 is 0 Å². The Balaban J connectivity index is 2.42. The Kier molecular flexibility index (Phi) is 5.07. The van der Waals surface area contributed by atoms with Gasteiger partial charge in [0.2, 0.25) is 0 Å². The molecule has 0 aliphatic rings. The molecule has 0 N–H and O–H groups in total. The number of hydrogen-bond acceptors (Lipinski definition) is 5. The van der Waals surface area contributed by atoms with E-state index in [-0.39, 0.29) is 17.7 Å². The Bertz CT molecular complexity index is 673. The molecule has 2 aromatic rings. The number of nitrogens with zero attached hydrogens (tertiary/aromatic N) is 3. The molecule has 0 bridgehead atoms. The highest BCUT2D eigenvalue weighted by molar-refractivity contribution is 7.08. The fraction of sp³-hybridized carbons (Fsp3) is 0.400. The van der Waals surface area contributed by atoms with Gasteiger partial charge in [-0.05, 0) is 43.9 Å². The summed E-state index contributed by atoms with van der Waals surface area (Å²) in [5, 5.41) is 3.96. The SMILES string of the molecule is CCc1nnsc1C(=O)N(c1ccc(OC)c(F)c1)C(C)C. The highest BCUT2D eigenvalue weighted by Crippen LogP contribution is 2.27. The van der Waals surface area contributed by atoms with Crippen molar-refractivity contribution in [3.8, 4) is 5.75 Å². The zero-order chi connectivity index (χ0) is 16.3. The Morgan fingerprint density at radius 3 is 2.73 bits per heavy atom. The van der Waals surface area contributed by atoms with Crippen molar-refractivity contribution in [2.45, 2.75) is 33.2 Å².